The normalized spacial score (nSPS) is 19.4. The third kappa shape index (κ3) is 5.46. The molecule has 9 heteroatoms. The highest BCUT2D eigenvalue weighted by molar-refractivity contribution is 6.04. The number of amides is 3. The second-order valence-electron chi connectivity index (χ2n) is 9.12. The quantitative estimate of drug-likeness (QED) is 0.556. The van der Waals surface area contributed by atoms with Crippen LogP contribution >= 0.6 is 0 Å². The molecule has 2 aliphatic heterocycles. The lowest BCUT2D eigenvalue weighted by Gasteiger charge is -2.33. The first kappa shape index (κ1) is 24.5. The molecule has 2 saturated heterocycles. The summed E-state index contributed by atoms with van der Waals surface area (Å²) < 4.78 is 11.2. The molecule has 0 spiro atoms. The summed E-state index contributed by atoms with van der Waals surface area (Å²) in [4.78, 5) is 46.4. The number of carbonyl (C=O) groups is 3. The van der Waals surface area contributed by atoms with Crippen LogP contribution < -0.4 is 5.32 Å². The number of cyclic esters (lactones) is 1. The van der Waals surface area contributed by atoms with Crippen LogP contribution in [-0.4, -0.2) is 65.0 Å². The van der Waals surface area contributed by atoms with Gasteiger partial charge in [-0.3, -0.25) is 19.5 Å². The zero-order valence-corrected chi connectivity index (χ0v) is 20.5. The first-order valence-electron chi connectivity index (χ1n) is 12.2. The van der Waals surface area contributed by atoms with Crippen LogP contribution in [0.5, 0.6) is 0 Å². The Morgan fingerprint density at radius 2 is 1.84 bits per heavy atom. The number of rotatable bonds is 6. The molecule has 2 aliphatic rings. The van der Waals surface area contributed by atoms with Crippen LogP contribution in [0.3, 0.4) is 0 Å². The zero-order valence-electron chi connectivity index (χ0n) is 20.5. The van der Waals surface area contributed by atoms with E-state index >= 15 is 0 Å². The fraction of sp³-hybridized carbons (Fsp3) is 0.286. The van der Waals surface area contributed by atoms with E-state index in [1.54, 1.807) is 47.5 Å². The maximum Gasteiger partial charge on any atom is 0.411 e. The Labute approximate surface area is 215 Å². The van der Waals surface area contributed by atoms with Gasteiger partial charge in [-0.15, -0.1) is 0 Å². The Morgan fingerprint density at radius 3 is 2.54 bits per heavy atom. The van der Waals surface area contributed by atoms with Gasteiger partial charge in [0.1, 0.15) is 0 Å². The molecule has 0 bridgehead atoms. The number of ether oxygens (including phenoxy) is 2. The molecule has 0 aliphatic carbocycles. The fourth-order valence-electron chi connectivity index (χ4n) is 4.63. The van der Waals surface area contributed by atoms with E-state index in [0.717, 1.165) is 11.1 Å². The van der Waals surface area contributed by atoms with Gasteiger partial charge < -0.3 is 19.7 Å². The number of nitrogens with one attached hydrogen (secondary N) is 1. The third-order valence-electron chi connectivity index (χ3n) is 6.52. The first-order chi connectivity index (χ1) is 18.0. The Morgan fingerprint density at radius 1 is 1.05 bits per heavy atom. The maximum absolute atomic E-state index is 13.7. The van der Waals surface area contributed by atoms with Crippen molar-refractivity contribution in [1.82, 2.24) is 14.8 Å². The zero-order chi connectivity index (χ0) is 25.8. The minimum absolute atomic E-state index is 0.166. The van der Waals surface area contributed by atoms with E-state index in [2.05, 4.69) is 10.3 Å². The van der Waals surface area contributed by atoms with Crippen molar-refractivity contribution in [3.05, 3.63) is 95.3 Å². The average molecular weight is 501 g/mol. The third-order valence-corrected chi connectivity index (χ3v) is 6.52. The van der Waals surface area contributed by atoms with Crippen molar-refractivity contribution in [3.8, 4) is 0 Å². The van der Waals surface area contributed by atoms with Gasteiger partial charge in [0.05, 0.1) is 25.3 Å². The molecular formula is C28H28N4O5. The van der Waals surface area contributed by atoms with Crippen LogP contribution in [0.15, 0.2) is 73.1 Å². The van der Waals surface area contributed by atoms with Gasteiger partial charge in [-0.1, -0.05) is 42.0 Å². The lowest BCUT2D eigenvalue weighted by atomic mass is 9.99. The number of aromatic nitrogens is 1. The summed E-state index contributed by atoms with van der Waals surface area (Å²) in [5, 5.41) is 2.83. The molecular weight excluding hydrogens is 472 g/mol. The van der Waals surface area contributed by atoms with E-state index < -0.39 is 18.2 Å². The molecule has 5 rings (SSSR count). The molecule has 3 amide bonds. The van der Waals surface area contributed by atoms with E-state index in [1.165, 1.54) is 11.1 Å². The summed E-state index contributed by atoms with van der Waals surface area (Å²) >= 11 is 0. The van der Waals surface area contributed by atoms with Crippen molar-refractivity contribution in [3.63, 3.8) is 0 Å². The Balaban J connectivity index is 1.39. The van der Waals surface area contributed by atoms with Gasteiger partial charge in [-0.05, 0) is 42.3 Å². The largest absolute Gasteiger partial charge is 0.438 e. The van der Waals surface area contributed by atoms with Crippen LogP contribution in [-0.2, 0) is 20.8 Å². The van der Waals surface area contributed by atoms with Crippen molar-refractivity contribution in [2.24, 2.45) is 0 Å². The molecule has 2 fully saturated rings. The summed E-state index contributed by atoms with van der Waals surface area (Å²) in [6.45, 7) is 4.10. The van der Waals surface area contributed by atoms with Gasteiger partial charge in [0.2, 0.25) is 5.91 Å². The SMILES string of the molecule is Cc1cccc(CN2C(=O)OC(c3ccc(NC(=O)c4cccnc4)cc3)C2C(=O)N2CCOCC2)c1. The van der Waals surface area contributed by atoms with Gasteiger partial charge in [0.15, 0.2) is 12.1 Å². The lowest BCUT2D eigenvalue weighted by molar-refractivity contribution is -0.141. The predicted octanol–water partition coefficient (Wildman–Crippen LogP) is 3.56. The molecule has 3 heterocycles. The first-order valence-corrected chi connectivity index (χ1v) is 12.2. The average Bonchev–Trinajstić information content (AvgIpc) is 3.25. The van der Waals surface area contributed by atoms with Gasteiger partial charge in [0.25, 0.3) is 5.91 Å². The predicted molar refractivity (Wildman–Crippen MR) is 136 cm³/mol. The van der Waals surface area contributed by atoms with Gasteiger partial charge >= 0.3 is 6.09 Å². The highest BCUT2D eigenvalue weighted by atomic mass is 16.6. The smallest absolute Gasteiger partial charge is 0.411 e. The summed E-state index contributed by atoms with van der Waals surface area (Å²) in [5.74, 6) is -0.446. The van der Waals surface area contributed by atoms with Gasteiger partial charge in [-0.2, -0.15) is 0 Å². The molecule has 3 aromatic rings. The lowest BCUT2D eigenvalue weighted by Crippen LogP contribution is -2.51. The minimum atomic E-state index is -0.818. The second kappa shape index (κ2) is 10.8. The number of morpholine rings is 1. The van der Waals surface area contributed by atoms with E-state index in [9.17, 15) is 14.4 Å². The molecule has 2 unspecified atom stereocenters. The van der Waals surface area contributed by atoms with Crippen LogP contribution in [0.1, 0.15) is 33.2 Å². The van der Waals surface area contributed by atoms with Crippen molar-refractivity contribution in [2.75, 3.05) is 31.6 Å². The molecule has 1 N–H and O–H groups in total. The molecule has 9 nitrogen and oxygen atoms in total. The standard InChI is InChI=1S/C28H28N4O5/c1-19-4-2-5-20(16-19)18-32-24(27(34)31-12-14-36-15-13-31)25(37-28(32)35)21-7-9-23(10-8-21)30-26(33)22-6-3-11-29-17-22/h2-11,16-17,24-25H,12-15,18H2,1H3,(H,30,33). The number of hydrogen-bond acceptors (Lipinski definition) is 6. The number of pyridine rings is 1. The van der Waals surface area contributed by atoms with Crippen molar-refractivity contribution < 1.29 is 23.9 Å². The van der Waals surface area contributed by atoms with E-state index in [0.29, 0.717) is 43.1 Å². The second-order valence-corrected chi connectivity index (χ2v) is 9.12. The molecule has 2 aromatic carbocycles. The van der Waals surface area contributed by atoms with Crippen molar-refractivity contribution in [1.29, 1.82) is 0 Å². The number of nitrogens with zero attached hydrogens (tertiary/aromatic N) is 3. The summed E-state index contributed by atoms with van der Waals surface area (Å²) in [5.41, 5.74) is 3.69. The van der Waals surface area contributed by atoms with Crippen LogP contribution in [0.4, 0.5) is 10.5 Å². The summed E-state index contributed by atoms with van der Waals surface area (Å²) in [6, 6.07) is 17.4. The summed E-state index contributed by atoms with van der Waals surface area (Å²) in [7, 11) is 0. The van der Waals surface area contributed by atoms with Gasteiger partial charge in [0, 0.05) is 31.2 Å². The van der Waals surface area contributed by atoms with E-state index in [1.807, 2.05) is 31.2 Å². The fourth-order valence-corrected chi connectivity index (χ4v) is 4.63. The molecule has 2 atom stereocenters. The molecule has 37 heavy (non-hydrogen) atoms. The van der Waals surface area contributed by atoms with Gasteiger partial charge in [-0.25, -0.2) is 4.79 Å². The van der Waals surface area contributed by atoms with Crippen LogP contribution in [0.25, 0.3) is 0 Å². The molecule has 1 aromatic heterocycles. The number of carbonyl (C=O) groups excluding carboxylic acids is 3. The van der Waals surface area contributed by atoms with Crippen LogP contribution in [0, 0.1) is 6.92 Å². The number of hydrogen-bond donors (Lipinski definition) is 1. The van der Waals surface area contributed by atoms with Crippen LogP contribution in [0.2, 0.25) is 0 Å². The van der Waals surface area contributed by atoms with E-state index in [4.69, 9.17) is 9.47 Å². The monoisotopic (exact) mass is 500 g/mol. The molecule has 0 saturated carbocycles. The number of aryl methyl sites for hydroxylation is 1. The summed E-state index contributed by atoms with van der Waals surface area (Å²) in [6.07, 6.45) is 1.78. The Bertz CT molecular complexity index is 1280. The topological polar surface area (TPSA) is 101 Å². The van der Waals surface area contributed by atoms with E-state index in [-0.39, 0.29) is 18.4 Å². The number of anilines is 1. The van der Waals surface area contributed by atoms with Crippen molar-refractivity contribution in [2.45, 2.75) is 25.6 Å². The minimum Gasteiger partial charge on any atom is -0.438 e. The van der Waals surface area contributed by atoms with Crippen molar-refractivity contribution >= 4 is 23.6 Å². The Hall–Kier alpha value is -4.24. The highest BCUT2D eigenvalue weighted by Gasteiger charge is 2.48. The molecule has 190 valence electrons. The molecule has 0 radical (unpaired) electrons. The maximum atomic E-state index is 13.7. The number of benzene rings is 2. The highest BCUT2D eigenvalue weighted by Crippen LogP contribution is 2.35. The Kier molecular flexibility index (Phi) is 7.14.